The zero-order chi connectivity index (χ0) is 48.6. The van der Waals surface area contributed by atoms with E-state index in [1.807, 2.05) is 0 Å². The Morgan fingerprint density at radius 2 is 0.778 bits per heavy atom. The molecule has 1 aliphatic carbocycles. The third-order valence-electron chi connectivity index (χ3n) is 13.7. The Morgan fingerprint density at radius 1 is 0.444 bits per heavy atom. The van der Waals surface area contributed by atoms with Gasteiger partial charge in [-0.05, 0) is 93.3 Å². The number of hydrogen-bond donors (Lipinski definition) is 8. The molecule has 12 N–H and O–H groups in total. The van der Waals surface area contributed by atoms with Crippen molar-refractivity contribution in [3.05, 3.63) is 0 Å². The van der Waals surface area contributed by atoms with Gasteiger partial charge in [0.1, 0.15) is 0 Å². The summed E-state index contributed by atoms with van der Waals surface area (Å²) in [7, 11) is 0. The molecule has 1 rings (SSSR count). The van der Waals surface area contributed by atoms with Crippen molar-refractivity contribution in [3.63, 3.8) is 0 Å². The van der Waals surface area contributed by atoms with Crippen molar-refractivity contribution in [2.75, 3.05) is 26.2 Å². The molecule has 0 aromatic rings. The Bertz CT molecular complexity index is 1090. The van der Waals surface area contributed by atoms with E-state index in [9.17, 15) is 19.2 Å². The molecule has 12 heteroatoms. The second kappa shape index (κ2) is 43.6. The maximum Gasteiger partial charge on any atom is 0.307 e. The van der Waals surface area contributed by atoms with Gasteiger partial charge < -0.3 is 43.4 Å². The van der Waals surface area contributed by atoms with E-state index in [1.54, 1.807) is 0 Å². The second-order valence-corrected chi connectivity index (χ2v) is 19.1. The van der Waals surface area contributed by atoms with E-state index in [1.165, 1.54) is 89.9 Å². The SMILES string of the molecule is CCC(CCC(CN)C(=O)O)CC(C)C.CCC(CCC1CCCCC1)CCC(CN)C(=O)O.CCCC(CC)CCC(CN)C(=O)O.CCCCC(CC)CCC(CN)C(=O)O. The first kappa shape index (κ1) is 65.0. The predicted octanol–water partition coefficient (Wildman–Crippen LogP) is 11.2. The number of nitrogens with two attached hydrogens (primary N) is 4. The minimum atomic E-state index is -0.753. The molecule has 0 aliphatic heterocycles. The molecule has 0 bridgehead atoms. The van der Waals surface area contributed by atoms with Gasteiger partial charge in [0.15, 0.2) is 0 Å². The van der Waals surface area contributed by atoms with E-state index in [0.29, 0.717) is 29.6 Å². The number of hydrogen-bond acceptors (Lipinski definition) is 8. The van der Waals surface area contributed by atoms with Crippen molar-refractivity contribution >= 4 is 23.9 Å². The van der Waals surface area contributed by atoms with E-state index in [-0.39, 0.29) is 49.9 Å². The van der Waals surface area contributed by atoms with Crippen molar-refractivity contribution in [3.8, 4) is 0 Å². The maximum atomic E-state index is 11.0. The van der Waals surface area contributed by atoms with Gasteiger partial charge in [-0.3, -0.25) is 19.2 Å². The van der Waals surface area contributed by atoms with E-state index in [0.717, 1.165) is 76.5 Å². The summed E-state index contributed by atoms with van der Waals surface area (Å²) in [6, 6.07) is 0. The average molecular weight is 901 g/mol. The lowest BCUT2D eigenvalue weighted by Gasteiger charge is -2.24. The van der Waals surface area contributed by atoms with Crippen LogP contribution in [0, 0.1) is 59.2 Å². The lowest BCUT2D eigenvalue weighted by atomic mass is 9.82. The van der Waals surface area contributed by atoms with Crippen LogP contribution in [0.25, 0.3) is 0 Å². The Labute approximate surface area is 386 Å². The van der Waals surface area contributed by atoms with Gasteiger partial charge in [0.05, 0.1) is 23.7 Å². The highest BCUT2D eigenvalue weighted by atomic mass is 16.4. The molecule has 1 aliphatic rings. The molecule has 0 amide bonds. The first-order valence-corrected chi connectivity index (χ1v) is 25.7. The van der Waals surface area contributed by atoms with Gasteiger partial charge in [-0.2, -0.15) is 0 Å². The Kier molecular flexibility index (Phi) is 45.0. The molecular formula is C51H104N4O8. The molecule has 376 valence electrons. The summed E-state index contributed by atoms with van der Waals surface area (Å²) in [5, 5.41) is 35.5. The minimum Gasteiger partial charge on any atom is -0.481 e. The Balaban J connectivity index is -0.000000768. The fourth-order valence-corrected chi connectivity index (χ4v) is 8.78. The normalized spacial score (nSPS) is 16.6. The smallest absolute Gasteiger partial charge is 0.307 e. The zero-order valence-electron chi connectivity index (χ0n) is 42.0. The number of aliphatic carboxylic acids is 4. The van der Waals surface area contributed by atoms with Gasteiger partial charge in [0, 0.05) is 26.2 Å². The molecule has 12 nitrogen and oxygen atoms in total. The molecule has 0 aromatic heterocycles. The topological polar surface area (TPSA) is 253 Å². The minimum absolute atomic E-state index is 0.257. The van der Waals surface area contributed by atoms with Crippen LogP contribution in [-0.4, -0.2) is 70.5 Å². The van der Waals surface area contributed by atoms with E-state index in [2.05, 4.69) is 55.4 Å². The number of carboxylic acid groups (broad SMARTS) is 4. The monoisotopic (exact) mass is 901 g/mol. The van der Waals surface area contributed by atoms with Crippen molar-refractivity contribution in [2.45, 2.75) is 216 Å². The average Bonchev–Trinajstić information content (AvgIpc) is 3.26. The van der Waals surface area contributed by atoms with Crippen molar-refractivity contribution < 1.29 is 39.6 Å². The van der Waals surface area contributed by atoms with Crippen LogP contribution in [0.3, 0.4) is 0 Å². The number of rotatable bonds is 34. The first-order chi connectivity index (χ1) is 30.0. The molecule has 0 saturated heterocycles. The van der Waals surface area contributed by atoms with Gasteiger partial charge in [-0.15, -0.1) is 0 Å². The summed E-state index contributed by atoms with van der Waals surface area (Å²) in [5.41, 5.74) is 21.7. The molecule has 1 saturated carbocycles. The summed E-state index contributed by atoms with van der Waals surface area (Å²) in [4.78, 5) is 43.2. The van der Waals surface area contributed by atoms with Crippen molar-refractivity contribution in [1.29, 1.82) is 0 Å². The lowest BCUT2D eigenvalue weighted by molar-refractivity contribution is -0.142. The predicted molar refractivity (Wildman–Crippen MR) is 262 cm³/mol. The Morgan fingerprint density at radius 3 is 1.06 bits per heavy atom. The van der Waals surface area contributed by atoms with Gasteiger partial charge >= 0.3 is 23.9 Å². The molecule has 0 heterocycles. The third-order valence-corrected chi connectivity index (χ3v) is 13.7. The number of carboxylic acids is 4. The first-order valence-electron chi connectivity index (χ1n) is 25.7. The molecular weight excluding hydrogens is 797 g/mol. The highest BCUT2D eigenvalue weighted by molar-refractivity contribution is 5.71. The quantitative estimate of drug-likeness (QED) is 0.0300. The standard InChI is InChI=1S/C16H31NO2.2C12H25NO2.C11H23NO2/c1-2-13(10-11-15(12-17)16(18)19)8-9-14-6-4-3-5-7-14;1-4-10(7-9(2)3)5-6-11(8-13)12(14)15;1-3-5-6-10(4-2)7-8-11(9-13)12(14)15;1-3-5-9(4-2)6-7-10(8-12)11(13)14/h13-15H,2-12,17H2,1H3,(H,18,19);9-11H,4-8,13H2,1-3H3,(H,14,15);10-11H,3-9,13H2,1-2H3,(H,14,15);9-10H,3-8,12H2,1-2H3,(H,13,14). The van der Waals surface area contributed by atoms with Crippen LogP contribution in [0.4, 0.5) is 0 Å². The fraction of sp³-hybridized carbons (Fsp3) is 0.922. The lowest BCUT2D eigenvalue weighted by Crippen LogP contribution is -2.24. The molecule has 0 aromatic carbocycles. The third kappa shape index (κ3) is 36.6. The van der Waals surface area contributed by atoms with E-state index >= 15 is 0 Å². The highest BCUT2D eigenvalue weighted by Gasteiger charge is 2.21. The molecule has 8 atom stereocenters. The largest absolute Gasteiger partial charge is 0.481 e. The highest BCUT2D eigenvalue weighted by Crippen LogP contribution is 2.31. The molecule has 8 unspecified atom stereocenters. The van der Waals surface area contributed by atoms with Crippen LogP contribution >= 0.6 is 0 Å². The van der Waals surface area contributed by atoms with Gasteiger partial charge in [-0.25, -0.2) is 0 Å². The summed E-state index contributed by atoms with van der Waals surface area (Å²) < 4.78 is 0. The van der Waals surface area contributed by atoms with Crippen LogP contribution in [0.5, 0.6) is 0 Å². The Hall–Kier alpha value is -2.28. The summed E-state index contributed by atoms with van der Waals surface area (Å²) in [6.07, 6.45) is 28.5. The van der Waals surface area contributed by atoms with Crippen LogP contribution in [0.1, 0.15) is 216 Å². The van der Waals surface area contributed by atoms with Gasteiger partial charge in [0.25, 0.3) is 0 Å². The van der Waals surface area contributed by atoms with Crippen LogP contribution in [0.2, 0.25) is 0 Å². The van der Waals surface area contributed by atoms with Gasteiger partial charge in [0.2, 0.25) is 0 Å². The van der Waals surface area contributed by atoms with E-state index < -0.39 is 23.9 Å². The molecule has 0 spiro atoms. The van der Waals surface area contributed by atoms with E-state index in [4.69, 9.17) is 43.4 Å². The summed E-state index contributed by atoms with van der Waals surface area (Å²) in [5.74, 6) is -0.0519. The van der Waals surface area contributed by atoms with Crippen molar-refractivity contribution in [2.24, 2.45) is 82.1 Å². The van der Waals surface area contributed by atoms with Crippen LogP contribution in [0.15, 0.2) is 0 Å². The maximum absolute atomic E-state index is 11.0. The molecule has 63 heavy (non-hydrogen) atoms. The summed E-state index contributed by atoms with van der Waals surface area (Å²) in [6.45, 7) is 18.6. The van der Waals surface area contributed by atoms with Crippen LogP contribution < -0.4 is 22.9 Å². The fourth-order valence-electron chi connectivity index (χ4n) is 8.78. The molecule has 1 fully saturated rings. The number of unbranched alkanes of at least 4 members (excludes halogenated alkanes) is 1. The molecule has 0 radical (unpaired) electrons. The van der Waals surface area contributed by atoms with Crippen LogP contribution in [-0.2, 0) is 19.2 Å². The zero-order valence-corrected chi connectivity index (χ0v) is 42.0. The van der Waals surface area contributed by atoms with Gasteiger partial charge in [-0.1, -0.05) is 158 Å². The number of carbonyl (C=O) groups is 4. The summed E-state index contributed by atoms with van der Waals surface area (Å²) >= 11 is 0. The van der Waals surface area contributed by atoms with Crippen molar-refractivity contribution in [1.82, 2.24) is 0 Å². The second-order valence-electron chi connectivity index (χ2n) is 19.1.